The Morgan fingerprint density at radius 3 is 2.45 bits per heavy atom. The molecule has 2 aromatic rings. The Morgan fingerprint density at radius 1 is 1.09 bits per heavy atom. The normalized spacial score (nSPS) is 11.2. The molecule has 0 bridgehead atoms. The van der Waals surface area contributed by atoms with Crippen LogP contribution in [0.2, 0.25) is 0 Å². The van der Waals surface area contributed by atoms with Gasteiger partial charge in [-0.15, -0.1) is 0 Å². The molecule has 0 unspecified atom stereocenters. The van der Waals surface area contributed by atoms with E-state index in [4.69, 9.17) is 0 Å². The summed E-state index contributed by atoms with van der Waals surface area (Å²) in [7, 11) is 2.00. The van der Waals surface area contributed by atoms with Crippen LogP contribution in [-0.4, -0.2) is 24.3 Å². The predicted octanol–water partition coefficient (Wildman–Crippen LogP) is 3.93. The summed E-state index contributed by atoms with van der Waals surface area (Å²) in [4.78, 5) is 14.0. The van der Waals surface area contributed by atoms with Crippen molar-refractivity contribution in [2.45, 2.75) is 13.0 Å². The van der Waals surface area contributed by atoms with Crippen LogP contribution in [-0.2, 0) is 11.3 Å². The van der Waals surface area contributed by atoms with E-state index in [2.05, 4.69) is 17.0 Å². The first-order valence-corrected chi connectivity index (χ1v) is 7.32. The fraction of sp³-hybridized carbons (Fsp3) is 0.211. The van der Waals surface area contributed by atoms with Crippen molar-refractivity contribution in [1.29, 1.82) is 0 Å². The van der Waals surface area contributed by atoms with Crippen molar-refractivity contribution in [3.05, 3.63) is 77.6 Å². The lowest BCUT2D eigenvalue weighted by atomic mass is 10.1. The fourth-order valence-corrected chi connectivity index (χ4v) is 2.12. The second-order valence-electron chi connectivity index (χ2n) is 5.32. The van der Waals surface area contributed by atoms with Crippen molar-refractivity contribution in [3.8, 4) is 0 Å². The van der Waals surface area contributed by atoms with Gasteiger partial charge in [-0.2, -0.15) is 0 Å². The molecule has 3 heteroatoms. The molecular formula is C19H20FNO. The Kier molecular flexibility index (Phi) is 6.04. The number of carbonyl (C=O) groups is 1. The zero-order chi connectivity index (χ0) is 15.8. The number of hydrogen-bond acceptors (Lipinski definition) is 2. The summed E-state index contributed by atoms with van der Waals surface area (Å²) in [6.07, 6.45) is 3.75. The Balaban J connectivity index is 1.76. The summed E-state index contributed by atoms with van der Waals surface area (Å²) in [6, 6.07) is 16.3. The van der Waals surface area contributed by atoms with E-state index in [1.807, 2.05) is 25.2 Å². The molecule has 0 fully saturated rings. The highest BCUT2D eigenvalue weighted by molar-refractivity contribution is 5.93. The van der Waals surface area contributed by atoms with Crippen LogP contribution in [0, 0.1) is 5.82 Å². The highest BCUT2D eigenvalue weighted by atomic mass is 19.1. The minimum atomic E-state index is -0.272. The number of rotatable bonds is 7. The second kappa shape index (κ2) is 8.25. The number of allylic oxidation sites excluding steroid dienone is 1. The van der Waals surface area contributed by atoms with E-state index < -0.39 is 0 Å². The van der Waals surface area contributed by atoms with E-state index in [0.717, 1.165) is 12.1 Å². The summed E-state index contributed by atoms with van der Waals surface area (Å²) in [5.74, 6) is -0.199. The number of halogens is 1. The highest BCUT2D eigenvalue weighted by Gasteiger charge is 2.03. The van der Waals surface area contributed by atoms with Crippen molar-refractivity contribution in [1.82, 2.24) is 4.90 Å². The fourth-order valence-electron chi connectivity index (χ4n) is 2.12. The maximum atomic E-state index is 12.8. The number of ketones is 1. The first-order valence-electron chi connectivity index (χ1n) is 7.32. The molecule has 22 heavy (non-hydrogen) atoms. The van der Waals surface area contributed by atoms with E-state index in [1.165, 1.54) is 17.7 Å². The molecule has 2 aromatic carbocycles. The van der Waals surface area contributed by atoms with Crippen LogP contribution >= 0.6 is 0 Å². The Bertz CT molecular complexity index is 620. The van der Waals surface area contributed by atoms with Crippen molar-refractivity contribution < 1.29 is 9.18 Å². The first kappa shape index (κ1) is 16.1. The molecule has 0 saturated carbocycles. The molecule has 2 nitrogen and oxygen atoms in total. The summed E-state index contributed by atoms with van der Waals surface area (Å²) in [6.45, 7) is 1.54. The molecule has 0 atom stereocenters. The molecule has 0 spiro atoms. The molecule has 0 N–H and O–H groups in total. The topological polar surface area (TPSA) is 20.3 Å². The molecule has 0 aliphatic rings. The van der Waals surface area contributed by atoms with Gasteiger partial charge in [0, 0.05) is 19.5 Å². The van der Waals surface area contributed by atoms with Crippen molar-refractivity contribution in [3.63, 3.8) is 0 Å². The summed E-state index contributed by atoms with van der Waals surface area (Å²) in [5.41, 5.74) is 2.06. The zero-order valence-electron chi connectivity index (χ0n) is 12.7. The summed E-state index contributed by atoms with van der Waals surface area (Å²) < 4.78 is 12.8. The third-order valence-corrected chi connectivity index (χ3v) is 3.37. The Morgan fingerprint density at radius 2 is 1.77 bits per heavy atom. The van der Waals surface area contributed by atoms with E-state index in [0.29, 0.717) is 13.0 Å². The molecule has 114 valence electrons. The van der Waals surface area contributed by atoms with Gasteiger partial charge in [0.25, 0.3) is 0 Å². The zero-order valence-corrected chi connectivity index (χ0v) is 12.7. The average Bonchev–Trinajstić information content (AvgIpc) is 2.53. The van der Waals surface area contributed by atoms with Gasteiger partial charge in [-0.3, -0.25) is 4.79 Å². The standard InChI is InChI=1S/C19H20FNO/c1-21(15-17-5-3-2-4-6-17)14-13-19(22)12-9-16-7-10-18(20)11-8-16/h2-12H,13-15H2,1H3. The summed E-state index contributed by atoms with van der Waals surface area (Å²) >= 11 is 0. The van der Waals surface area contributed by atoms with Gasteiger partial charge in [-0.25, -0.2) is 4.39 Å². The minimum absolute atomic E-state index is 0.0734. The molecule has 0 saturated heterocycles. The van der Waals surface area contributed by atoms with E-state index in [-0.39, 0.29) is 11.6 Å². The Labute approximate surface area is 130 Å². The highest BCUT2D eigenvalue weighted by Crippen LogP contribution is 2.06. The lowest BCUT2D eigenvalue weighted by molar-refractivity contribution is -0.114. The van der Waals surface area contributed by atoms with Crippen LogP contribution in [0.25, 0.3) is 6.08 Å². The van der Waals surface area contributed by atoms with Gasteiger partial charge in [-0.1, -0.05) is 48.5 Å². The number of carbonyl (C=O) groups excluding carboxylic acids is 1. The smallest absolute Gasteiger partial charge is 0.156 e. The van der Waals surface area contributed by atoms with E-state index in [9.17, 15) is 9.18 Å². The van der Waals surface area contributed by atoms with Gasteiger partial charge in [-0.05, 0) is 36.4 Å². The van der Waals surface area contributed by atoms with Gasteiger partial charge in [0.1, 0.15) is 5.82 Å². The van der Waals surface area contributed by atoms with Crippen molar-refractivity contribution in [2.24, 2.45) is 0 Å². The molecular weight excluding hydrogens is 277 g/mol. The molecule has 0 aliphatic heterocycles. The molecule has 0 heterocycles. The Hall–Kier alpha value is -2.26. The second-order valence-corrected chi connectivity index (χ2v) is 5.32. The number of hydrogen-bond donors (Lipinski definition) is 0. The number of benzene rings is 2. The maximum Gasteiger partial charge on any atom is 0.156 e. The van der Waals surface area contributed by atoms with E-state index in [1.54, 1.807) is 24.3 Å². The molecule has 0 aromatic heterocycles. The third kappa shape index (κ3) is 5.62. The molecule has 0 aliphatic carbocycles. The monoisotopic (exact) mass is 297 g/mol. The van der Waals surface area contributed by atoms with Crippen LogP contribution in [0.15, 0.2) is 60.7 Å². The molecule has 0 amide bonds. The average molecular weight is 297 g/mol. The largest absolute Gasteiger partial charge is 0.302 e. The quantitative estimate of drug-likeness (QED) is 0.722. The van der Waals surface area contributed by atoms with Crippen LogP contribution in [0.3, 0.4) is 0 Å². The van der Waals surface area contributed by atoms with Gasteiger partial charge >= 0.3 is 0 Å². The van der Waals surface area contributed by atoms with Gasteiger partial charge in [0.05, 0.1) is 0 Å². The lowest BCUT2D eigenvalue weighted by Crippen LogP contribution is -2.20. The maximum absolute atomic E-state index is 12.8. The van der Waals surface area contributed by atoms with Gasteiger partial charge < -0.3 is 4.90 Å². The molecule has 0 radical (unpaired) electrons. The lowest BCUT2D eigenvalue weighted by Gasteiger charge is -2.15. The predicted molar refractivity (Wildman–Crippen MR) is 87.8 cm³/mol. The van der Waals surface area contributed by atoms with E-state index >= 15 is 0 Å². The van der Waals surface area contributed by atoms with Crippen LogP contribution in [0.4, 0.5) is 4.39 Å². The van der Waals surface area contributed by atoms with Gasteiger partial charge in [0.15, 0.2) is 5.78 Å². The SMILES string of the molecule is CN(CCC(=O)C=Cc1ccc(F)cc1)Cc1ccccc1. The number of nitrogens with zero attached hydrogens (tertiary/aromatic N) is 1. The molecule has 2 rings (SSSR count). The first-order chi connectivity index (χ1) is 10.6. The van der Waals surface area contributed by atoms with Crippen LogP contribution < -0.4 is 0 Å². The van der Waals surface area contributed by atoms with Crippen molar-refractivity contribution >= 4 is 11.9 Å². The summed E-state index contributed by atoms with van der Waals surface area (Å²) in [5, 5.41) is 0. The van der Waals surface area contributed by atoms with Gasteiger partial charge in [0.2, 0.25) is 0 Å². The minimum Gasteiger partial charge on any atom is -0.302 e. The van der Waals surface area contributed by atoms with Crippen LogP contribution in [0.1, 0.15) is 17.5 Å². The third-order valence-electron chi connectivity index (χ3n) is 3.37. The van der Waals surface area contributed by atoms with Crippen molar-refractivity contribution in [2.75, 3.05) is 13.6 Å². The van der Waals surface area contributed by atoms with Crippen LogP contribution in [0.5, 0.6) is 0 Å².